The van der Waals surface area contributed by atoms with Gasteiger partial charge in [0.25, 0.3) is 0 Å². The van der Waals surface area contributed by atoms with E-state index in [0.29, 0.717) is 0 Å². The van der Waals surface area contributed by atoms with Crippen molar-refractivity contribution in [3.05, 3.63) is 0 Å². The van der Waals surface area contributed by atoms with E-state index in [1.165, 1.54) is 0 Å². The van der Waals surface area contributed by atoms with Gasteiger partial charge < -0.3 is 0 Å². The van der Waals surface area contributed by atoms with Crippen LogP contribution in [0.15, 0.2) is 0 Å². The first-order chi connectivity index (χ1) is 4.46. The second kappa shape index (κ2) is 6.70. The second-order valence-electron chi connectivity index (χ2n) is 3.96. The zero-order valence-corrected chi connectivity index (χ0v) is 12.2. The molecule has 0 aliphatic heterocycles. The van der Waals surface area contributed by atoms with E-state index < -0.39 is 0 Å². The van der Waals surface area contributed by atoms with Crippen LogP contribution in [0.5, 0.6) is 0 Å². The van der Waals surface area contributed by atoms with Crippen molar-refractivity contribution in [1.29, 1.82) is 0 Å². The van der Waals surface area contributed by atoms with E-state index in [4.69, 9.17) is 0 Å². The fourth-order valence-corrected chi connectivity index (χ4v) is 6.00. The molecule has 0 aromatic rings. The van der Waals surface area contributed by atoms with E-state index in [-0.39, 0.29) is 38.4 Å². The summed E-state index contributed by atoms with van der Waals surface area (Å²) >= 11 is 0. The van der Waals surface area contributed by atoms with Gasteiger partial charge in [0.2, 0.25) is 0 Å². The van der Waals surface area contributed by atoms with Crippen molar-refractivity contribution in [3.8, 4) is 0 Å². The minimum Gasteiger partial charge on any atom is -0.0653 e. The van der Waals surface area contributed by atoms with E-state index in [1.807, 2.05) is 0 Å². The minimum atomic E-state index is -0.0957. The quantitative estimate of drug-likeness (QED) is 0.561. The van der Waals surface area contributed by atoms with Crippen LogP contribution in [-0.2, 0) is 0 Å². The van der Waals surface area contributed by atoms with Crippen LogP contribution < -0.4 is 29.6 Å². The van der Waals surface area contributed by atoms with Gasteiger partial charge in [-0.3, -0.25) is 0 Å². The summed E-state index contributed by atoms with van der Waals surface area (Å²) < 4.78 is 0. The molecule has 0 saturated carbocycles. The molecule has 0 saturated heterocycles. The summed E-state index contributed by atoms with van der Waals surface area (Å²) in [6.07, 6.45) is 0. The molecule has 0 fully saturated rings. The van der Waals surface area contributed by atoms with Gasteiger partial charge >= 0.3 is 29.6 Å². The molecule has 0 aliphatic carbocycles. The van der Waals surface area contributed by atoms with Gasteiger partial charge in [0.1, 0.15) is 0 Å². The summed E-state index contributed by atoms with van der Waals surface area (Å²) in [4.78, 5) is 0. The normalized spacial score (nSPS) is 11.5. The first kappa shape index (κ1) is 14.7. The molecular formula is C9H21NaSi+. The van der Waals surface area contributed by atoms with E-state index in [1.54, 1.807) is 0 Å². The molecule has 0 aromatic carbocycles. The summed E-state index contributed by atoms with van der Waals surface area (Å²) in [5.74, 6) is 0. The first-order valence-corrected chi connectivity index (χ1v) is 6.06. The third-order valence-electron chi connectivity index (χ3n) is 2.00. The van der Waals surface area contributed by atoms with Gasteiger partial charge in [-0.1, -0.05) is 58.2 Å². The van der Waals surface area contributed by atoms with Gasteiger partial charge in [-0.05, 0) is 0 Å². The van der Waals surface area contributed by atoms with Gasteiger partial charge in [-0.2, -0.15) is 0 Å². The van der Waals surface area contributed by atoms with E-state index in [9.17, 15) is 0 Å². The van der Waals surface area contributed by atoms with Gasteiger partial charge in [-0.25, -0.2) is 0 Å². The van der Waals surface area contributed by atoms with Crippen LogP contribution >= 0.6 is 0 Å². The summed E-state index contributed by atoms with van der Waals surface area (Å²) in [6.45, 7) is 14.2. The molecule has 0 rings (SSSR count). The molecule has 0 N–H and O–H groups in total. The standard InChI is InChI=1S/C9H21Si.Na/c1-7(2)10(8(3)4)9(5)6;/h7-9H,1-6H3;/q;+1. The topological polar surface area (TPSA) is 0 Å². The maximum absolute atomic E-state index is 2.37. The molecule has 2 heteroatoms. The Balaban J connectivity index is 0. The van der Waals surface area contributed by atoms with Crippen molar-refractivity contribution in [3.63, 3.8) is 0 Å². The minimum absolute atomic E-state index is 0. The van der Waals surface area contributed by atoms with Crippen molar-refractivity contribution in [2.24, 2.45) is 0 Å². The van der Waals surface area contributed by atoms with E-state index >= 15 is 0 Å². The molecule has 0 aliphatic rings. The zero-order valence-electron chi connectivity index (χ0n) is 9.23. The molecule has 11 heavy (non-hydrogen) atoms. The van der Waals surface area contributed by atoms with Crippen molar-refractivity contribution < 1.29 is 29.6 Å². The summed E-state index contributed by atoms with van der Waals surface area (Å²) in [7, 11) is -0.0957. The third-order valence-corrected chi connectivity index (χ3v) is 6.00. The van der Waals surface area contributed by atoms with Gasteiger partial charge in [0.05, 0.1) is 8.80 Å². The zero-order chi connectivity index (χ0) is 8.31. The molecule has 0 unspecified atom stereocenters. The fraction of sp³-hybridized carbons (Fsp3) is 1.00. The molecule has 0 atom stereocenters. The van der Waals surface area contributed by atoms with Crippen LogP contribution in [0, 0.1) is 0 Å². The van der Waals surface area contributed by atoms with Crippen molar-refractivity contribution in [2.45, 2.75) is 58.2 Å². The molecule has 1 radical (unpaired) electrons. The van der Waals surface area contributed by atoms with E-state index in [2.05, 4.69) is 41.5 Å². The molecule has 0 spiro atoms. The molecule has 0 bridgehead atoms. The molecule has 61 valence electrons. The van der Waals surface area contributed by atoms with Gasteiger partial charge in [0, 0.05) is 0 Å². The Morgan fingerprint density at radius 2 is 0.818 bits per heavy atom. The van der Waals surface area contributed by atoms with Crippen LogP contribution in [0.25, 0.3) is 0 Å². The smallest absolute Gasteiger partial charge is 0.0653 e. The Bertz CT molecular complexity index is 70.5. The van der Waals surface area contributed by atoms with Crippen LogP contribution in [0.4, 0.5) is 0 Å². The molecular weight excluding hydrogens is 159 g/mol. The molecule has 0 heterocycles. The average Bonchev–Trinajstić information content (AvgIpc) is 1.59. The maximum Gasteiger partial charge on any atom is 1.00 e. The Labute approximate surface area is 96.0 Å². The second-order valence-corrected chi connectivity index (χ2v) is 8.43. The fourth-order valence-electron chi connectivity index (χ4n) is 2.00. The number of hydrogen-bond donors (Lipinski definition) is 0. The third kappa shape index (κ3) is 5.45. The SMILES string of the molecule is CC(C)[Si](C(C)C)C(C)C.[Na+]. The van der Waals surface area contributed by atoms with Gasteiger partial charge in [-0.15, -0.1) is 0 Å². The summed E-state index contributed by atoms with van der Waals surface area (Å²) in [5, 5.41) is 0. The van der Waals surface area contributed by atoms with Crippen LogP contribution in [0.1, 0.15) is 41.5 Å². The Morgan fingerprint density at radius 1 is 0.636 bits per heavy atom. The average molecular weight is 180 g/mol. The predicted molar refractivity (Wildman–Crippen MR) is 51.0 cm³/mol. The number of rotatable bonds is 3. The predicted octanol–water partition coefficient (Wildman–Crippen LogP) is 0.715. The van der Waals surface area contributed by atoms with Crippen molar-refractivity contribution in [1.82, 2.24) is 0 Å². The van der Waals surface area contributed by atoms with Crippen molar-refractivity contribution >= 4 is 8.80 Å². The Hall–Kier alpha value is 1.22. The van der Waals surface area contributed by atoms with Crippen LogP contribution in [0.3, 0.4) is 0 Å². The maximum atomic E-state index is 2.37. The molecule has 0 nitrogen and oxygen atoms in total. The Kier molecular flexibility index (Phi) is 8.97. The summed E-state index contributed by atoms with van der Waals surface area (Å²) in [5.41, 5.74) is 2.81. The number of hydrogen-bond acceptors (Lipinski definition) is 0. The molecule has 0 amide bonds. The van der Waals surface area contributed by atoms with E-state index in [0.717, 1.165) is 16.6 Å². The first-order valence-electron chi connectivity index (χ1n) is 4.33. The summed E-state index contributed by atoms with van der Waals surface area (Å²) in [6, 6.07) is 0. The van der Waals surface area contributed by atoms with Gasteiger partial charge in [0.15, 0.2) is 0 Å². The van der Waals surface area contributed by atoms with Crippen molar-refractivity contribution in [2.75, 3.05) is 0 Å². The monoisotopic (exact) mass is 180 g/mol. The largest absolute Gasteiger partial charge is 1.00 e. The van der Waals surface area contributed by atoms with Crippen LogP contribution in [-0.4, -0.2) is 8.80 Å². The van der Waals surface area contributed by atoms with Crippen LogP contribution in [0.2, 0.25) is 16.6 Å². The Morgan fingerprint density at radius 3 is 0.818 bits per heavy atom. The molecule has 0 aromatic heterocycles.